The summed E-state index contributed by atoms with van der Waals surface area (Å²) in [6.07, 6.45) is 0. The van der Waals surface area contributed by atoms with Gasteiger partial charge in [0.25, 0.3) is 5.91 Å². The van der Waals surface area contributed by atoms with E-state index in [4.69, 9.17) is 9.88 Å². The quantitative estimate of drug-likeness (QED) is 0.528. The molecule has 3 rings (SSSR count). The number of nitrogens with zero attached hydrogens (tertiary/aromatic N) is 2. The molecule has 0 saturated heterocycles. The maximum Gasteiger partial charge on any atom is 0.337 e. The highest BCUT2D eigenvalue weighted by Crippen LogP contribution is 2.21. The number of amides is 1. The molecule has 168 valence electrons. The number of esters is 2. The first kappa shape index (κ1) is 23.3. The number of benzene rings is 2. The van der Waals surface area contributed by atoms with Gasteiger partial charge in [0.1, 0.15) is 6.54 Å². The van der Waals surface area contributed by atoms with Crippen molar-refractivity contribution in [1.29, 1.82) is 0 Å². The van der Waals surface area contributed by atoms with Gasteiger partial charge < -0.3 is 14.0 Å². The second kappa shape index (κ2) is 9.42. The highest BCUT2D eigenvalue weighted by atomic mass is 32.2. The van der Waals surface area contributed by atoms with Crippen LogP contribution in [-0.4, -0.2) is 44.5 Å². The van der Waals surface area contributed by atoms with Gasteiger partial charge in [-0.1, -0.05) is 11.3 Å². The molecule has 0 aliphatic carbocycles. The Hall–Kier alpha value is -3.35. The van der Waals surface area contributed by atoms with Crippen molar-refractivity contribution < 1.29 is 32.3 Å². The molecular weight excluding hydrogens is 458 g/mol. The maximum atomic E-state index is 12.7. The number of rotatable bonds is 6. The molecule has 1 amide bonds. The first-order chi connectivity index (χ1) is 15.1. The van der Waals surface area contributed by atoms with Gasteiger partial charge in [-0.05, 0) is 49.4 Å². The number of hydrogen-bond acceptors (Lipinski definition) is 8. The minimum atomic E-state index is -3.94. The summed E-state index contributed by atoms with van der Waals surface area (Å²) >= 11 is 1.02. The number of sulfonamides is 1. The Morgan fingerprint density at radius 3 is 2.34 bits per heavy atom. The molecule has 0 aliphatic rings. The molecule has 1 heterocycles. The number of fused-ring (bicyclic) bond motifs is 1. The molecule has 1 aromatic heterocycles. The second-order valence-electron chi connectivity index (χ2n) is 6.44. The van der Waals surface area contributed by atoms with E-state index in [2.05, 4.69) is 9.73 Å². The standard InChI is InChI=1S/C20H19N3O7S2/c1-3-30-17(24)11-23-15-9-8-14(32(21,27)28)10-16(15)31-20(23)22-18(25)12-4-6-13(7-5-12)19(26)29-2/h4-10H,3,11H2,1-2H3,(H2,21,27,28). The lowest BCUT2D eigenvalue weighted by molar-refractivity contribution is -0.143. The van der Waals surface area contributed by atoms with Crippen molar-refractivity contribution in [2.45, 2.75) is 18.4 Å². The molecule has 2 aromatic carbocycles. The molecule has 32 heavy (non-hydrogen) atoms. The first-order valence-corrected chi connectivity index (χ1v) is 11.6. The Morgan fingerprint density at radius 2 is 1.75 bits per heavy atom. The Balaban J connectivity index is 2.09. The van der Waals surface area contributed by atoms with Gasteiger partial charge in [-0.2, -0.15) is 4.99 Å². The summed E-state index contributed by atoms with van der Waals surface area (Å²) in [7, 11) is -2.69. The molecule has 0 bridgehead atoms. The lowest BCUT2D eigenvalue weighted by atomic mass is 10.1. The van der Waals surface area contributed by atoms with E-state index in [-0.39, 0.29) is 34.0 Å². The third-order valence-corrected chi connectivity index (χ3v) is 6.28. The van der Waals surface area contributed by atoms with Crippen LogP contribution in [0.5, 0.6) is 0 Å². The van der Waals surface area contributed by atoms with Crippen molar-refractivity contribution in [3.05, 3.63) is 58.4 Å². The summed E-state index contributed by atoms with van der Waals surface area (Å²) in [6, 6.07) is 9.88. The third kappa shape index (κ3) is 5.10. The van der Waals surface area contributed by atoms with Crippen LogP contribution in [0.1, 0.15) is 27.6 Å². The van der Waals surface area contributed by atoms with Crippen LogP contribution >= 0.6 is 11.3 Å². The van der Waals surface area contributed by atoms with E-state index in [1.807, 2.05) is 0 Å². The summed E-state index contributed by atoms with van der Waals surface area (Å²) in [5, 5.41) is 5.20. The Labute approximate surface area is 187 Å². The largest absolute Gasteiger partial charge is 0.465 e. The fourth-order valence-electron chi connectivity index (χ4n) is 2.82. The number of carbonyl (C=O) groups excluding carboxylic acids is 3. The van der Waals surface area contributed by atoms with Crippen LogP contribution < -0.4 is 9.94 Å². The summed E-state index contributed by atoms with van der Waals surface area (Å²) in [5.74, 6) is -1.69. The van der Waals surface area contributed by atoms with E-state index in [1.54, 1.807) is 6.92 Å². The lowest BCUT2D eigenvalue weighted by Crippen LogP contribution is -2.23. The zero-order valence-corrected chi connectivity index (χ0v) is 18.7. The molecule has 0 saturated carbocycles. The number of nitrogens with two attached hydrogens (primary N) is 1. The Morgan fingerprint density at radius 1 is 1.09 bits per heavy atom. The van der Waals surface area contributed by atoms with Gasteiger partial charge in [0.15, 0.2) is 4.80 Å². The number of ether oxygens (including phenoxy) is 2. The molecule has 3 aromatic rings. The molecule has 0 aliphatic heterocycles. The van der Waals surface area contributed by atoms with E-state index >= 15 is 0 Å². The summed E-state index contributed by atoms with van der Waals surface area (Å²) in [6.45, 7) is 1.62. The van der Waals surface area contributed by atoms with E-state index in [0.717, 1.165) is 11.3 Å². The van der Waals surface area contributed by atoms with Gasteiger partial charge in [-0.25, -0.2) is 18.4 Å². The zero-order valence-electron chi connectivity index (χ0n) is 17.1. The van der Waals surface area contributed by atoms with E-state index in [1.165, 1.54) is 54.1 Å². The van der Waals surface area contributed by atoms with Crippen molar-refractivity contribution in [3.8, 4) is 0 Å². The number of aromatic nitrogens is 1. The van der Waals surface area contributed by atoms with Crippen LogP contribution in [0.15, 0.2) is 52.4 Å². The minimum absolute atomic E-state index is 0.106. The van der Waals surface area contributed by atoms with Crippen molar-refractivity contribution in [2.75, 3.05) is 13.7 Å². The van der Waals surface area contributed by atoms with Gasteiger partial charge in [0.2, 0.25) is 10.0 Å². The number of methoxy groups -OCH3 is 1. The molecular formula is C20H19N3O7S2. The SMILES string of the molecule is CCOC(=O)Cn1c(=NC(=O)c2ccc(C(=O)OC)cc2)sc2cc(S(N)(=O)=O)ccc21. The highest BCUT2D eigenvalue weighted by Gasteiger charge is 2.16. The van der Waals surface area contributed by atoms with Crippen LogP contribution in [-0.2, 0) is 30.8 Å². The molecule has 0 unspecified atom stereocenters. The summed E-state index contributed by atoms with van der Waals surface area (Å²) in [5.41, 5.74) is 0.977. The molecule has 10 nitrogen and oxygen atoms in total. The van der Waals surface area contributed by atoms with E-state index < -0.39 is 27.9 Å². The summed E-state index contributed by atoms with van der Waals surface area (Å²) < 4.78 is 34.9. The zero-order chi connectivity index (χ0) is 23.5. The molecule has 2 N–H and O–H groups in total. The van der Waals surface area contributed by atoms with Crippen molar-refractivity contribution >= 4 is 49.4 Å². The van der Waals surface area contributed by atoms with Crippen LogP contribution in [0.2, 0.25) is 0 Å². The van der Waals surface area contributed by atoms with Crippen LogP contribution in [0.3, 0.4) is 0 Å². The first-order valence-electron chi connectivity index (χ1n) is 9.23. The number of thiazole rings is 1. The van der Waals surface area contributed by atoms with Crippen LogP contribution in [0, 0.1) is 0 Å². The fraction of sp³-hybridized carbons (Fsp3) is 0.200. The number of hydrogen-bond donors (Lipinski definition) is 1. The predicted octanol–water partition coefficient (Wildman–Crippen LogP) is 1.44. The number of primary sulfonamides is 1. The van der Waals surface area contributed by atoms with Gasteiger partial charge in [-0.3, -0.25) is 9.59 Å². The van der Waals surface area contributed by atoms with Gasteiger partial charge >= 0.3 is 11.9 Å². The minimum Gasteiger partial charge on any atom is -0.465 e. The monoisotopic (exact) mass is 477 g/mol. The average molecular weight is 478 g/mol. The fourth-order valence-corrected chi connectivity index (χ4v) is 4.50. The maximum absolute atomic E-state index is 12.7. The Kier molecular flexibility index (Phi) is 6.87. The molecule has 0 radical (unpaired) electrons. The summed E-state index contributed by atoms with van der Waals surface area (Å²) in [4.78, 5) is 40.5. The third-order valence-electron chi connectivity index (χ3n) is 4.33. The van der Waals surface area contributed by atoms with Crippen molar-refractivity contribution in [1.82, 2.24) is 4.57 Å². The molecule has 0 atom stereocenters. The van der Waals surface area contributed by atoms with E-state index in [9.17, 15) is 22.8 Å². The smallest absolute Gasteiger partial charge is 0.337 e. The highest BCUT2D eigenvalue weighted by molar-refractivity contribution is 7.89. The molecule has 0 fully saturated rings. The van der Waals surface area contributed by atoms with Gasteiger partial charge in [-0.15, -0.1) is 0 Å². The molecule has 0 spiro atoms. The van der Waals surface area contributed by atoms with Crippen molar-refractivity contribution in [2.24, 2.45) is 10.1 Å². The lowest BCUT2D eigenvalue weighted by Gasteiger charge is -2.05. The van der Waals surface area contributed by atoms with Crippen LogP contribution in [0.25, 0.3) is 10.2 Å². The molecule has 12 heteroatoms. The van der Waals surface area contributed by atoms with Gasteiger partial charge in [0, 0.05) is 5.56 Å². The van der Waals surface area contributed by atoms with Crippen molar-refractivity contribution in [3.63, 3.8) is 0 Å². The average Bonchev–Trinajstić information content (AvgIpc) is 3.08. The second-order valence-corrected chi connectivity index (χ2v) is 9.01. The van der Waals surface area contributed by atoms with Gasteiger partial charge in [0.05, 0.1) is 34.4 Å². The number of carbonyl (C=O) groups is 3. The Bertz CT molecular complexity index is 1370. The predicted molar refractivity (Wildman–Crippen MR) is 115 cm³/mol. The van der Waals surface area contributed by atoms with E-state index in [0.29, 0.717) is 10.2 Å². The topological polar surface area (TPSA) is 147 Å². The normalized spacial score (nSPS) is 12.0. The van der Waals surface area contributed by atoms with Crippen LogP contribution in [0.4, 0.5) is 0 Å².